The molecule has 14 heavy (non-hydrogen) atoms. The molecule has 0 spiro atoms. The van der Waals surface area contributed by atoms with Crippen molar-refractivity contribution in [1.82, 2.24) is 9.97 Å². The quantitative estimate of drug-likeness (QED) is 0.741. The molecule has 0 unspecified atom stereocenters. The van der Waals surface area contributed by atoms with Gasteiger partial charge in [-0.1, -0.05) is 26.2 Å². The van der Waals surface area contributed by atoms with Gasteiger partial charge in [0.15, 0.2) is 0 Å². The van der Waals surface area contributed by atoms with Crippen molar-refractivity contribution in [3.63, 3.8) is 0 Å². The fourth-order valence-electron chi connectivity index (χ4n) is 2.21. The Morgan fingerprint density at radius 2 is 1.71 bits per heavy atom. The first-order chi connectivity index (χ1) is 6.71. The topological polar surface area (TPSA) is 51.8 Å². The SMILES string of the molecule is CC1(c2ncc(N)cn2)CCCCC1. The third-order valence-corrected chi connectivity index (χ3v) is 3.17. The lowest BCUT2D eigenvalue weighted by Crippen LogP contribution is -2.27. The highest BCUT2D eigenvalue weighted by molar-refractivity contribution is 5.31. The molecule has 0 aliphatic heterocycles. The van der Waals surface area contributed by atoms with Crippen LogP contribution in [0.2, 0.25) is 0 Å². The van der Waals surface area contributed by atoms with Gasteiger partial charge < -0.3 is 5.73 Å². The van der Waals surface area contributed by atoms with E-state index in [-0.39, 0.29) is 5.41 Å². The van der Waals surface area contributed by atoms with Gasteiger partial charge >= 0.3 is 0 Å². The van der Waals surface area contributed by atoms with Crippen LogP contribution in [0.3, 0.4) is 0 Å². The molecule has 1 aliphatic rings. The minimum absolute atomic E-state index is 0.186. The molecule has 0 saturated heterocycles. The summed E-state index contributed by atoms with van der Waals surface area (Å²) in [5.74, 6) is 0.964. The summed E-state index contributed by atoms with van der Waals surface area (Å²) in [5, 5.41) is 0. The number of hydrogen-bond acceptors (Lipinski definition) is 3. The summed E-state index contributed by atoms with van der Waals surface area (Å²) < 4.78 is 0. The van der Waals surface area contributed by atoms with E-state index in [4.69, 9.17) is 5.73 Å². The van der Waals surface area contributed by atoms with Gasteiger partial charge in [-0.05, 0) is 12.8 Å². The summed E-state index contributed by atoms with van der Waals surface area (Å²) in [6, 6.07) is 0. The van der Waals surface area contributed by atoms with Gasteiger partial charge in [0, 0.05) is 5.41 Å². The molecule has 1 fully saturated rings. The Labute approximate surface area is 84.8 Å². The lowest BCUT2D eigenvalue weighted by molar-refractivity contribution is 0.304. The minimum Gasteiger partial charge on any atom is -0.396 e. The predicted molar refractivity (Wildman–Crippen MR) is 56.9 cm³/mol. The zero-order chi connectivity index (χ0) is 10.0. The molecule has 0 atom stereocenters. The molecule has 0 amide bonds. The zero-order valence-electron chi connectivity index (χ0n) is 8.66. The smallest absolute Gasteiger partial charge is 0.134 e. The summed E-state index contributed by atoms with van der Waals surface area (Å²) in [6.07, 6.45) is 9.78. The summed E-state index contributed by atoms with van der Waals surface area (Å²) in [6.45, 7) is 2.26. The average molecular weight is 191 g/mol. The monoisotopic (exact) mass is 191 g/mol. The third kappa shape index (κ3) is 1.72. The highest BCUT2D eigenvalue weighted by Crippen LogP contribution is 2.36. The van der Waals surface area contributed by atoms with Gasteiger partial charge in [0.05, 0.1) is 18.1 Å². The molecule has 1 aliphatic carbocycles. The molecule has 0 radical (unpaired) electrons. The van der Waals surface area contributed by atoms with Crippen LogP contribution in [0.5, 0.6) is 0 Å². The van der Waals surface area contributed by atoms with Crippen molar-refractivity contribution in [3.8, 4) is 0 Å². The fourth-order valence-corrected chi connectivity index (χ4v) is 2.21. The maximum absolute atomic E-state index is 5.57. The Hall–Kier alpha value is -1.12. The van der Waals surface area contributed by atoms with Crippen molar-refractivity contribution in [2.45, 2.75) is 44.4 Å². The van der Waals surface area contributed by atoms with E-state index in [1.165, 1.54) is 32.1 Å². The highest BCUT2D eigenvalue weighted by atomic mass is 14.9. The van der Waals surface area contributed by atoms with Crippen LogP contribution in [-0.2, 0) is 5.41 Å². The van der Waals surface area contributed by atoms with E-state index in [9.17, 15) is 0 Å². The average Bonchev–Trinajstić information content (AvgIpc) is 2.19. The van der Waals surface area contributed by atoms with Crippen LogP contribution in [0.4, 0.5) is 5.69 Å². The number of hydrogen-bond donors (Lipinski definition) is 1. The number of nitrogens with two attached hydrogens (primary N) is 1. The summed E-state index contributed by atoms with van der Waals surface area (Å²) in [4.78, 5) is 8.68. The van der Waals surface area contributed by atoms with Crippen molar-refractivity contribution in [2.75, 3.05) is 5.73 Å². The van der Waals surface area contributed by atoms with E-state index in [0.717, 1.165) is 5.82 Å². The van der Waals surface area contributed by atoms with Gasteiger partial charge in [0.1, 0.15) is 5.82 Å². The second-order valence-electron chi connectivity index (χ2n) is 4.46. The third-order valence-electron chi connectivity index (χ3n) is 3.17. The van der Waals surface area contributed by atoms with Gasteiger partial charge in [0.2, 0.25) is 0 Å². The van der Waals surface area contributed by atoms with Gasteiger partial charge in [-0.25, -0.2) is 9.97 Å². The van der Waals surface area contributed by atoms with Crippen LogP contribution in [0.1, 0.15) is 44.9 Å². The number of nitrogens with zero attached hydrogens (tertiary/aromatic N) is 2. The summed E-state index contributed by atoms with van der Waals surface area (Å²) >= 11 is 0. The molecule has 1 heterocycles. The molecule has 1 aromatic rings. The minimum atomic E-state index is 0.186. The first-order valence-electron chi connectivity index (χ1n) is 5.29. The number of rotatable bonds is 1. The predicted octanol–water partition coefficient (Wildman–Crippen LogP) is 2.28. The Kier molecular flexibility index (Phi) is 2.40. The Balaban J connectivity index is 2.23. The first-order valence-corrected chi connectivity index (χ1v) is 5.29. The molecule has 76 valence electrons. The lowest BCUT2D eigenvalue weighted by atomic mass is 9.75. The summed E-state index contributed by atoms with van der Waals surface area (Å²) in [5.41, 5.74) is 6.41. The molecule has 3 heteroatoms. The summed E-state index contributed by atoms with van der Waals surface area (Å²) in [7, 11) is 0. The van der Waals surface area contributed by atoms with Crippen molar-refractivity contribution >= 4 is 5.69 Å². The van der Waals surface area contributed by atoms with Gasteiger partial charge in [-0.2, -0.15) is 0 Å². The standard InChI is InChI=1S/C11H17N3/c1-11(5-3-2-4-6-11)10-13-7-9(12)8-14-10/h7-8H,2-6,12H2,1H3. The normalized spacial score (nSPS) is 20.6. The molecular formula is C11H17N3. The molecule has 1 saturated carbocycles. The van der Waals surface area contributed by atoms with Gasteiger partial charge in [-0.3, -0.25) is 0 Å². The van der Waals surface area contributed by atoms with E-state index >= 15 is 0 Å². The number of anilines is 1. The van der Waals surface area contributed by atoms with Crippen LogP contribution in [0, 0.1) is 0 Å². The van der Waals surface area contributed by atoms with E-state index in [1.54, 1.807) is 12.4 Å². The van der Waals surface area contributed by atoms with E-state index in [1.807, 2.05) is 0 Å². The van der Waals surface area contributed by atoms with Gasteiger partial charge in [-0.15, -0.1) is 0 Å². The Morgan fingerprint density at radius 1 is 1.14 bits per heavy atom. The Morgan fingerprint density at radius 3 is 2.29 bits per heavy atom. The maximum Gasteiger partial charge on any atom is 0.134 e. The van der Waals surface area contributed by atoms with E-state index < -0.39 is 0 Å². The van der Waals surface area contributed by atoms with Crippen molar-refractivity contribution < 1.29 is 0 Å². The molecule has 2 rings (SSSR count). The molecule has 1 aromatic heterocycles. The molecule has 0 aromatic carbocycles. The van der Waals surface area contributed by atoms with E-state index in [0.29, 0.717) is 5.69 Å². The molecule has 3 nitrogen and oxygen atoms in total. The molecule has 0 bridgehead atoms. The highest BCUT2D eigenvalue weighted by Gasteiger charge is 2.31. The lowest BCUT2D eigenvalue weighted by Gasteiger charge is -2.31. The van der Waals surface area contributed by atoms with Crippen LogP contribution in [0.25, 0.3) is 0 Å². The van der Waals surface area contributed by atoms with Crippen molar-refractivity contribution in [2.24, 2.45) is 0 Å². The number of aromatic nitrogens is 2. The second kappa shape index (κ2) is 3.56. The second-order valence-corrected chi connectivity index (χ2v) is 4.46. The largest absolute Gasteiger partial charge is 0.396 e. The number of nitrogen functional groups attached to an aromatic ring is 1. The van der Waals surface area contributed by atoms with Crippen molar-refractivity contribution in [1.29, 1.82) is 0 Å². The zero-order valence-corrected chi connectivity index (χ0v) is 8.66. The van der Waals surface area contributed by atoms with E-state index in [2.05, 4.69) is 16.9 Å². The van der Waals surface area contributed by atoms with Crippen LogP contribution in [0.15, 0.2) is 12.4 Å². The fraction of sp³-hybridized carbons (Fsp3) is 0.636. The van der Waals surface area contributed by atoms with Gasteiger partial charge in [0.25, 0.3) is 0 Å². The molecular weight excluding hydrogens is 174 g/mol. The molecule has 2 N–H and O–H groups in total. The Bertz CT molecular complexity index is 299. The van der Waals surface area contributed by atoms with Crippen LogP contribution >= 0.6 is 0 Å². The maximum atomic E-state index is 5.57. The van der Waals surface area contributed by atoms with Crippen molar-refractivity contribution in [3.05, 3.63) is 18.2 Å². The van der Waals surface area contributed by atoms with Crippen LogP contribution in [-0.4, -0.2) is 9.97 Å². The van der Waals surface area contributed by atoms with Crippen LogP contribution < -0.4 is 5.73 Å². The first kappa shape index (κ1) is 9.44.